The molecule has 1 fully saturated rings. The van der Waals surface area contributed by atoms with Gasteiger partial charge >= 0.3 is 0 Å². The van der Waals surface area contributed by atoms with Crippen LogP contribution in [-0.2, 0) is 16.4 Å². The van der Waals surface area contributed by atoms with E-state index in [2.05, 4.69) is 21.9 Å². The molecule has 1 atom stereocenters. The van der Waals surface area contributed by atoms with Gasteiger partial charge in [-0.1, -0.05) is 0 Å². The highest BCUT2D eigenvalue weighted by Gasteiger charge is 2.26. The zero-order chi connectivity index (χ0) is 17.3. The number of sulfonamides is 1. The molecule has 1 unspecified atom stereocenters. The Morgan fingerprint density at radius 3 is 2.79 bits per heavy atom. The molecule has 8 heteroatoms. The van der Waals surface area contributed by atoms with Gasteiger partial charge in [0.2, 0.25) is 10.0 Å². The van der Waals surface area contributed by atoms with Gasteiger partial charge in [0.05, 0.1) is 11.9 Å². The number of nitrogens with zero attached hydrogens (tertiary/aromatic N) is 4. The highest BCUT2D eigenvalue weighted by Crippen LogP contribution is 2.27. The SMILES string of the molecule is Cc1nc(-c2cc(CC3CCCN(S(C)(=O)=O)C3)ncn2)sc1C. The molecule has 3 heterocycles. The number of aromatic nitrogens is 3. The molecule has 3 rings (SSSR count). The Bertz CT molecular complexity index is 813. The lowest BCUT2D eigenvalue weighted by molar-refractivity contribution is 0.265. The minimum atomic E-state index is -3.11. The van der Waals surface area contributed by atoms with Gasteiger partial charge in [-0.2, -0.15) is 0 Å². The molecule has 1 aliphatic rings. The lowest BCUT2D eigenvalue weighted by atomic mass is 9.94. The standard InChI is InChI=1S/C16H22N4O2S2/c1-11-12(2)23-16(19-11)15-8-14(17-10-18-15)7-13-5-4-6-20(9-13)24(3,21)22/h8,10,13H,4-7,9H2,1-3H3. The van der Waals surface area contributed by atoms with E-state index in [1.807, 2.05) is 13.0 Å². The first-order valence-corrected chi connectivity index (χ1v) is 10.7. The van der Waals surface area contributed by atoms with Crippen molar-refractivity contribution in [3.63, 3.8) is 0 Å². The Morgan fingerprint density at radius 2 is 2.12 bits per heavy atom. The summed E-state index contributed by atoms with van der Waals surface area (Å²) in [5.74, 6) is 0.302. The Hall–Kier alpha value is -1.38. The van der Waals surface area contributed by atoms with E-state index in [0.29, 0.717) is 19.0 Å². The fourth-order valence-electron chi connectivity index (χ4n) is 3.00. The fraction of sp³-hybridized carbons (Fsp3) is 0.562. The van der Waals surface area contributed by atoms with Crippen molar-refractivity contribution in [2.24, 2.45) is 5.92 Å². The predicted octanol–water partition coefficient (Wildman–Crippen LogP) is 2.43. The minimum absolute atomic E-state index is 0.302. The van der Waals surface area contributed by atoms with Gasteiger partial charge in [-0.25, -0.2) is 27.7 Å². The summed E-state index contributed by atoms with van der Waals surface area (Å²) in [6.45, 7) is 5.26. The number of aryl methyl sites for hydroxylation is 2. The molecule has 0 radical (unpaired) electrons. The summed E-state index contributed by atoms with van der Waals surface area (Å²) in [6.07, 6.45) is 5.56. The van der Waals surface area contributed by atoms with Gasteiger partial charge in [0.25, 0.3) is 0 Å². The summed E-state index contributed by atoms with van der Waals surface area (Å²) in [5.41, 5.74) is 2.83. The molecule has 0 spiro atoms. The maximum atomic E-state index is 11.8. The van der Waals surface area contributed by atoms with Crippen molar-refractivity contribution in [1.82, 2.24) is 19.3 Å². The molecule has 2 aromatic heterocycles. The molecular formula is C16H22N4O2S2. The van der Waals surface area contributed by atoms with Crippen LogP contribution in [0.2, 0.25) is 0 Å². The largest absolute Gasteiger partial charge is 0.241 e. The molecule has 0 aromatic carbocycles. The van der Waals surface area contributed by atoms with Gasteiger partial charge < -0.3 is 0 Å². The van der Waals surface area contributed by atoms with Crippen molar-refractivity contribution in [3.05, 3.63) is 28.7 Å². The number of piperidine rings is 1. The Kier molecular flexibility index (Phi) is 4.98. The van der Waals surface area contributed by atoms with Crippen LogP contribution in [-0.4, -0.2) is 47.0 Å². The van der Waals surface area contributed by atoms with Crippen LogP contribution < -0.4 is 0 Å². The molecule has 1 saturated heterocycles. The van der Waals surface area contributed by atoms with Crippen LogP contribution in [0.1, 0.15) is 29.1 Å². The number of thiazole rings is 1. The van der Waals surface area contributed by atoms with Crippen molar-refractivity contribution in [2.75, 3.05) is 19.3 Å². The Morgan fingerprint density at radius 1 is 1.33 bits per heavy atom. The van der Waals surface area contributed by atoms with E-state index < -0.39 is 10.0 Å². The van der Waals surface area contributed by atoms with Crippen LogP contribution >= 0.6 is 11.3 Å². The maximum absolute atomic E-state index is 11.8. The van der Waals surface area contributed by atoms with Crippen molar-refractivity contribution in [1.29, 1.82) is 0 Å². The van der Waals surface area contributed by atoms with Crippen LogP contribution in [0.4, 0.5) is 0 Å². The quantitative estimate of drug-likeness (QED) is 0.831. The fourth-order valence-corrected chi connectivity index (χ4v) is 4.82. The normalized spacial score (nSPS) is 19.5. The third-order valence-electron chi connectivity index (χ3n) is 4.42. The first kappa shape index (κ1) is 17.4. The number of rotatable bonds is 4. The van der Waals surface area contributed by atoms with E-state index in [1.165, 1.54) is 11.1 Å². The van der Waals surface area contributed by atoms with E-state index in [4.69, 9.17) is 0 Å². The molecule has 24 heavy (non-hydrogen) atoms. The van der Waals surface area contributed by atoms with Crippen molar-refractivity contribution >= 4 is 21.4 Å². The molecule has 0 N–H and O–H groups in total. The number of hydrogen-bond acceptors (Lipinski definition) is 6. The lowest BCUT2D eigenvalue weighted by Gasteiger charge is -2.30. The van der Waals surface area contributed by atoms with Gasteiger partial charge in [0, 0.05) is 23.7 Å². The summed E-state index contributed by atoms with van der Waals surface area (Å²) < 4.78 is 25.1. The summed E-state index contributed by atoms with van der Waals surface area (Å²) in [6, 6.07) is 1.98. The Labute approximate surface area is 147 Å². The zero-order valence-electron chi connectivity index (χ0n) is 14.2. The van der Waals surface area contributed by atoms with Crippen molar-refractivity contribution in [3.8, 4) is 10.7 Å². The molecule has 0 saturated carbocycles. The van der Waals surface area contributed by atoms with E-state index in [9.17, 15) is 8.42 Å². The van der Waals surface area contributed by atoms with E-state index in [1.54, 1.807) is 22.0 Å². The highest BCUT2D eigenvalue weighted by molar-refractivity contribution is 7.88. The second-order valence-electron chi connectivity index (χ2n) is 6.39. The van der Waals surface area contributed by atoms with Gasteiger partial charge in [-0.3, -0.25) is 0 Å². The molecule has 0 aliphatic carbocycles. The highest BCUT2D eigenvalue weighted by atomic mass is 32.2. The summed E-state index contributed by atoms with van der Waals surface area (Å²) in [5, 5.41) is 0.912. The first-order chi connectivity index (χ1) is 11.3. The molecular weight excluding hydrogens is 344 g/mol. The summed E-state index contributed by atoms with van der Waals surface area (Å²) in [7, 11) is -3.11. The van der Waals surface area contributed by atoms with Gasteiger partial charge in [0.1, 0.15) is 17.0 Å². The zero-order valence-corrected chi connectivity index (χ0v) is 15.8. The van der Waals surface area contributed by atoms with Crippen molar-refractivity contribution < 1.29 is 8.42 Å². The second kappa shape index (κ2) is 6.85. The molecule has 130 valence electrons. The second-order valence-corrected chi connectivity index (χ2v) is 9.57. The topological polar surface area (TPSA) is 76.1 Å². The predicted molar refractivity (Wildman–Crippen MR) is 95.5 cm³/mol. The van der Waals surface area contributed by atoms with Crippen LogP contribution in [0.5, 0.6) is 0 Å². The number of hydrogen-bond donors (Lipinski definition) is 0. The molecule has 6 nitrogen and oxygen atoms in total. The van der Waals surface area contributed by atoms with Crippen molar-refractivity contribution in [2.45, 2.75) is 33.1 Å². The van der Waals surface area contributed by atoms with Crippen LogP contribution in [0.15, 0.2) is 12.4 Å². The monoisotopic (exact) mass is 366 g/mol. The third kappa shape index (κ3) is 3.99. The van der Waals surface area contributed by atoms with Crippen LogP contribution in [0.3, 0.4) is 0 Å². The van der Waals surface area contributed by atoms with E-state index >= 15 is 0 Å². The third-order valence-corrected chi connectivity index (χ3v) is 6.78. The van der Waals surface area contributed by atoms with E-state index in [-0.39, 0.29) is 0 Å². The average molecular weight is 367 g/mol. The Balaban J connectivity index is 1.75. The first-order valence-electron chi connectivity index (χ1n) is 8.03. The van der Waals surface area contributed by atoms with Gasteiger partial charge in [0.15, 0.2) is 0 Å². The molecule has 0 bridgehead atoms. The maximum Gasteiger partial charge on any atom is 0.211 e. The van der Waals surface area contributed by atoms with Gasteiger partial charge in [-0.05, 0) is 45.1 Å². The minimum Gasteiger partial charge on any atom is -0.241 e. The van der Waals surface area contributed by atoms with Crippen LogP contribution in [0, 0.1) is 19.8 Å². The molecule has 1 aliphatic heterocycles. The summed E-state index contributed by atoms with van der Waals surface area (Å²) in [4.78, 5) is 14.5. The summed E-state index contributed by atoms with van der Waals surface area (Å²) >= 11 is 1.64. The smallest absolute Gasteiger partial charge is 0.211 e. The molecule has 0 amide bonds. The average Bonchev–Trinajstić information content (AvgIpc) is 2.87. The van der Waals surface area contributed by atoms with Crippen LogP contribution in [0.25, 0.3) is 10.7 Å². The molecule has 2 aromatic rings. The van der Waals surface area contributed by atoms with Gasteiger partial charge in [-0.15, -0.1) is 11.3 Å². The lowest BCUT2D eigenvalue weighted by Crippen LogP contribution is -2.39. The van der Waals surface area contributed by atoms with E-state index in [0.717, 1.165) is 41.4 Å².